The van der Waals surface area contributed by atoms with E-state index in [1.165, 1.54) is 11.7 Å². The molecule has 1 nitrogen and oxygen atoms in total. The Kier molecular flexibility index (Phi) is 6.83. The van der Waals surface area contributed by atoms with Crippen LogP contribution >= 0.6 is 17.2 Å². The largest absolute Gasteiger partial charge is 0.295 e. The quantitative estimate of drug-likeness (QED) is 0.386. The highest BCUT2D eigenvalue weighted by atomic mass is 31.1. The van der Waals surface area contributed by atoms with Crippen molar-refractivity contribution < 1.29 is 4.79 Å². The van der Waals surface area contributed by atoms with Crippen molar-refractivity contribution in [3.63, 3.8) is 0 Å². The third-order valence-electron chi connectivity index (χ3n) is 1.72. The highest BCUT2D eigenvalue weighted by Gasteiger charge is 2.13. The first-order valence-corrected chi connectivity index (χ1v) is 7.57. The summed E-state index contributed by atoms with van der Waals surface area (Å²) in [5, 5.41) is 0. The predicted molar refractivity (Wildman–Crippen MR) is 70.3 cm³/mol. The van der Waals surface area contributed by atoms with Crippen molar-refractivity contribution in [3.05, 3.63) is 11.6 Å². The molecule has 0 aliphatic heterocycles. The SMILES string of the molecule is CC(=O)PCPCC(C)(C)C=C(C)C. The Bertz CT molecular complexity index is 215. The minimum atomic E-state index is 0.304. The number of hydrogen-bond acceptors (Lipinski definition) is 1. The van der Waals surface area contributed by atoms with E-state index in [9.17, 15) is 4.79 Å². The summed E-state index contributed by atoms with van der Waals surface area (Å²) in [6.45, 7) is 10.5. The van der Waals surface area contributed by atoms with Gasteiger partial charge in [-0.1, -0.05) is 25.5 Å². The van der Waals surface area contributed by atoms with Crippen molar-refractivity contribution in [3.8, 4) is 0 Å². The van der Waals surface area contributed by atoms with Gasteiger partial charge in [-0.05, 0) is 46.8 Å². The first-order chi connectivity index (χ1) is 6.33. The van der Waals surface area contributed by atoms with Crippen molar-refractivity contribution in [2.75, 3.05) is 12.1 Å². The summed E-state index contributed by atoms with van der Waals surface area (Å²) in [5.41, 5.74) is 2.03. The van der Waals surface area contributed by atoms with Gasteiger partial charge >= 0.3 is 0 Å². The molecule has 0 aliphatic carbocycles. The van der Waals surface area contributed by atoms with E-state index < -0.39 is 0 Å². The lowest BCUT2D eigenvalue weighted by Crippen LogP contribution is -2.10. The Morgan fingerprint density at radius 1 is 1.29 bits per heavy atom. The van der Waals surface area contributed by atoms with Crippen LogP contribution in [0.4, 0.5) is 0 Å². The lowest BCUT2D eigenvalue weighted by Gasteiger charge is -2.20. The van der Waals surface area contributed by atoms with E-state index in [1.54, 1.807) is 6.92 Å². The standard InChI is InChI=1S/C11H22OP2/c1-9(2)6-11(4,5)7-13-8-14-10(3)12/h6,13-14H,7-8H2,1-5H3. The van der Waals surface area contributed by atoms with Crippen LogP contribution in [0.5, 0.6) is 0 Å². The van der Waals surface area contributed by atoms with Gasteiger partial charge in [-0.25, -0.2) is 0 Å². The maximum atomic E-state index is 10.8. The molecule has 0 rings (SSSR count). The van der Waals surface area contributed by atoms with Crippen molar-refractivity contribution >= 4 is 22.7 Å². The Labute approximate surface area is 91.7 Å². The van der Waals surface area contributed by atoms with E-state index in [-0.39, 0.29) is 0 Å². The van der Waals surface area contributed by atoms with Crippen molar-refractivity contribution in [1.29, 1.82) is 0 Å². The van der Waals surface area contributed by atoms with Gasteiger partial charge in [0.05, 0.1) is 0 Å². The molecule has 0 N–H and O–H groups in total. The van der Waals surface area contributed by atoms with Crippen LogP contribution in [0.25, 0.3) is 0 Å². The Balaban J connectivity index is 3.77. The molecule has 0 aromatic rings. The Morgan fingerprint density at radius 2 is 1.86 bits per heavy atom. The molecule has 0 radical (unpaired) electrons. The van der Waals surface area contributed by atoms with Crippen LogP contribution in [0.3, 0.4) is 0 Å². The lowest BCUT2D eigenvalue weighted by molar-refractivity contribution is -0.109. The lowest BCUT2D eigenvalue weighted by atomic mass is 9.94. The zero-order chi connectivity index (χ0) is 11.2. The molecule has 82 valence electrons. The third-order valence-corrected chi connectivity index (χ3v) is 5.09. The van der Waals surface area contributed by atoms with E-state index in [2.05, 4.69) is 33.8 Å². The maximum absolute atomic E-state index is 10.8. The number of rotatable bonds is 6. The predicted octanol–water partition coefficient (Wildman–Crippen LogP) is 3.84. The molecular weight excluding hydrogens is 210 g/mol. The number of carbonyl (C=O) groups is 1. The van der Waals surface area contributed by atoms with Crippen molar-refractivity contribution in [2.45, 2.75) is 34.6 Å². The second-order valence-electron chi connectivity index (χ2n) is 4.55. The summed E-state index contributed by atoms with van der Waals surface area (Å²) >= 11 is 0. The molecule has 0 saturated heterocycles. The Hall–Kier alpha value is 0.270. The van der Waals surface area contributed by atoms with Gasteiger partial charge in [0.2, 0.25) is 0 Å². The van der Waals surface area contributed by atoms with Gasteiger partial charge in [0, 0.05) is 0 Å². The summed E-state index contributed by atoms with van der Waals surface area (Å²) in [6, 6.07) is 0. The van der Waals surface area contributed by atoms with Crippen LogP contribution in [0.1, 0.15) is 34.6 Å². The maximum Gasteiger partial charge on any atom is 0.148 e. The molecule has 0 heterocycles. The van der Waals surface area contributed by atoms with Gasteiger partial charge in [-0.15, -0.1) is 8.58 Å². The molecule has 2 atom stereocenters. The highest BCUT2D eigenvalue weighted by Crippen LogP contribution is 2.32. The van der Waals surface area contributed by atoms with E-state index in [4.69, 9.17) is 0 Å². The minimum absolute atomic E-state index is 0.304. The molecule has 0 aliphatic rings. The average molecular weight is 232 g/mol. The topological polar surface area (TPSA) is 17.1 Å². The molecule has 0 fully saturated rings. The number of hydrogen-bond donors (Lipinski definition) is 0. The second-order valence-corrected chi connectivity index (χ2v) is 7.87. The van der Waals surface area contributed by atoms with E-state index in [0.29, 0.717) is 19.5 Å². The molecule has 0 saturated carbocycles. The third kappa shape index (κ3) is 8.85. The fraction of sp³-hybridized carbons (Fsp3) is 0.727. The van der Waals surface area contributed by atoms with Crippen molar-refractivity contribution in [2.24, 2.45) is 5.41 Å². The van der Waals surface area contributed by atoms with Crippen molar-refractivity contribution in [1.82, 2.24) is 0 Å². The summed E-state index contributed by atoms with van der Waals surface area (Å²) in [5.74, 6) is 1.09. The number of carbonyl (C=O) groups excluding carboxylic acids is 1. The molecule has 0 aromatic heterocycles. The monoisotopic (exact) mass is 232 g/mol. The molecule has 3 heteroatoms. The van der Waals surface area contributed by atoms with Crippen LogP contribution in [0.15, 0.2) is 11.6 Å². The number of allylic oxidation sites excluding steroid dienone is 2. The Morgan fingerprint density at radius 3 is 2.29 bits per heavy atom. The first-order valence-electron chi connectivity index (χ1n) is 4.95. The molecule has 0 amide bonds. The van der Waals surface area contributed by atoms with Gasteiger partial charge in [-0.2, -0.15) is 0 Å². The fourth-order valence-electron chi connectivity index (χ4n) is 1.40. The molecule has 0 bridgehead atoms. The normalized spacial score (nSPS) is 12.9. The van der Waals surface area contributed by atoms with Gasteiger partial charge in [0.25, 0.3) is 0 Å². The van der Waals surface area contributed by atoms with Gasteiger partial charge in [0.15, 0.2) is 0 Å². The van der Waals surface area contributed by atoms with Crippen LogP contribution in [0.2, 0.25) is 0 Å². The smallest absolute Gasteiger partial charge is 0.148 e. The van der Waals surface area contributed by atoms with Crippen LogP contribution < -0.4 is 0 Å². The highest BCUT2D eigenvalue weighted by molar-refractivity contribution is 7.67. The summed E-state index contributed by atoms with van der Waals surface area (Å²) in [7, 11) is 1.45. The van der Waals surface area contributed by atoms with Gasteiger partial charge in [0.1, 0.15) is 5.52 Å². The van der Waals surface area contributed by atoms with Crippen LogP contribution in [0, 0.1) is 5.41 Å². The van der Waals surface area contributed by atoms with E-state index in [0.717, 1.165) is 14.5 Å². The zero-order valence-corrected chi connectivity index (χ0v) is 11.9. The molecule has 0 spiro atoms. The molecule has 14 heavy (non-hydrogen) atoms. The summed E-state index contributed by atoms with van der Waals surface area (Å²) in [6.07, 6.45) is 3.54. The minimum Gasteiger partial charge on any atom is -0.295 e. The molecule has 2 unspecified atom stereocenters. The molecule has 0 aromatic carbocycles. The fourth-order valence-corrected chi connectivity index (χ4v) is 4.15. The van der Waals surface area contributed by atoms with E-state index in [1.807, 2.05) is 0 Å². The molecular formula is C11H22OP2. The summed E-state index contributed by atoms with van der Waals surface area (Å²) < 4.78 is 0. The zero-order valence-electron chi connectivity index (χ0n) is 9.90. The van der Waals surface area contributed by atoms with Gasteiger partial charge in [-0.3, -0.25) is 4.79 Å². The van der Waals surface area contributed by atoms with Gasteiger partial charge < -0.3 is 0 Å². The summed E-state index contributed by atoms with van der Waals surface area (Å²) in [4.78, 5) is 10.8. The first kappa shape index (κ1) is 14.3. The van der Waals surface area contributed by atoms with E-state index >= 15 is 0 Å². The van der Waals surface area contributed by atoms with Crippen LogP contribution in [-0.4, -0.2) is 17.6 Å². The van der Waals surface area contributed by atoms with Crippen LogP contribution in [-0.2, 0) is 4.79 Å². The second kappa shape index (κ2) is 6.70. The average Bonchev–Trinajstić information content (AvgIpc) is 1.95.